The fraction of sp³-hybridized carbons (Fsp3) is 0.227. The van der Waals surface area contributed by atoms with E-state index in [1.54, 1.807) is 18.2 Å². The number of carbonyl (C=O) groups excluding carboxylic acids is 4. The summed E-state index contributed by atoms with van der Waals surface area (Å²) in [6, 6.07) is 9.84. The quantitative estimate of drug-likeness (QED) is 0.576. The van der Waals surface area contributed by atoms with Crippen molar-refractivity contribution in [3.63, 3.8) is 0 Å². The van der Waals surface area contributed by atoms with Crippen LogP contribution in [0.15, 0.2) is 42.5 Å². The Hall–Kier alpha value is -4.21. The molecule has 10 nitrogen and oxygen atoms in total. The lowest BCUT2D eigenvalue weighted by molar-refractivity contribution is -0.137. The number of anilines is 1. The molecule has 2 aromatic rings. The van der Waals surface area contributed by atoms with Crippen LogP contribution in [0.4, 0.5) is 5.69 Å². The number of benzene rings is 2. The largest absolute Gasteiger partial charge is 0.483 e. The molecule has 1 saturated heterocycles. The van der Waals surface area contributed by atoms with E-state index >= 15 is 0 Å². The van der Waals surface area contributed by atoms with Crippen LogP contribution in [0.3, 0.4) is 0 Å². The van der Waals surface area contributed by atoms with Crippen molar-refractivity contribution in [3.05, 3.63) is 59.2 Å². The van der Waals surface area contributed by atoms with Crippen LogP contribution >= 0.6 is 0 Å². The second-order valence-electron chi connectivity index (χ2n) is 7.40. The Labute approximate surface area is 182 Å². The number of carboxylic acids is 1. The van der Waals surface area contributed by atoms with Crippen LogP contribution in [0.2, 0.25) is 0 Å². The van der Waals surface area contributed by atoms with Gasteiger partial charge in [-0.2, -0.15) is 0 Å². The lowest BCUT2D eigenvalue weighted by Gasteiger charge is -2.29. The molecule has 0 bridgehead atoms. The van der Waals surface area contributed by atoms with Crippen molar-refractivity contribution in [1.82, 2.24) is 10.2 Å². The van der Waals surface area contributed by atoms with Gasteiger partial charge in [0, 0.05) is 23.2 Å². The summed E-state index contributed by atoms with van der Waals surface area (Å²) in [5.74, 6) is -2.37. The van der Waals surface area contributed by atoms with Crippen molar-refractivity contribution in [2.75, 3.05) is 11.9 Å². The molecule has 1 unspecified atom stereocenters. The maximum Gasteiger partial charge on any atom is 0.335 e. The molecule has 4 amide bonds. The maximum atomic E-state index is 12.8. The van der Waals surface area contributed by atoms with E-state index in [4.69, 9.17) is 9.84 Å². The van der Waals surface area contributed by atoms with Crippen molar-refractivity contribution in [3.8, 4) is 5.75 Å². The molecule has 4 rings (SSSR count). The maximum absolute atomic E-state index is 12.8. The van der Waals surface area contributed by atoms with E-state index in [2.05, 4.69) is 10.6 Å². The Morgan fingerprint density at radius 1 is 1.12 bits per heavy atom. The van der Waals surface area contributed by atoms with Gasteiger partial charge in [0.2, 0.25) is 11.8 Å². The van der Waals surface area contributed by atoms with Crippen molar-refractivity contribution in [2.24, 2.45) is 0 Å². The van der Waals surface area contributed by atoms with Crippen LogP contribution in [0, 0.1) is 0 Å². The second-order valence-corrected chi connectivity index (χ2v) is 7.40. The van der Waals surface area contributed by atoms with Gasteiger partial charge in [0.15, 0.2) is 6.61 Å². The van der Waals surface area contributed by atoms with Crippen molar-refractivity contribution < 1.29 is 33.8 Å². The molecule has 3 N–H and O–H groups in total. The average Bonchev–Trinajstić information content (AvgIpc) is 3.09. The fourth-order valence-electron chi connectivity index (χ4n) is 3.73. The molecule has 0 radical (unpaired) electrons. The number of aromatic carboxylic acids is 1. The number of hydrogen-bond donors (Lipinski definition) is 3. The van der Waals surface area contributed by atoms with Crippen LogP contribution in [-0.4, -0.2) is 52.3 Å². The molecule has 0 aliphatic carbocycles. The second kappa shape index (κ2) is 8.50. The number of carboxylic acid groups (broad SMARTS) is 1. The molecular weight excluding hydrogens is 418 g/mol. The molecule has 0 spiro atoms. The normalized spacial score (nSPS) is 17.6. The third kappa shape index (κ3) is 4.15. The van der Waals surface area contributed by atoms with Gasteiger partial charge in [0.25, 0.3) is 11.8 Å². The molecule has 2 heterocycles. The lowest BCUT2D eigenvalue weighted by atomic mass is 10.0. The first-order chi connectivity index (χ1) is 15.3. The number of hydrogen-bond acceptors (Lipinski definition) is 6. The summed E-state index contributed by atoms with van der Waals surface area (Å²) in [6.07, 6.45) is 0.414. The zero-order valence-corrected chi connectivity index (χ0v) is 16.8. The van der Waals surface area contributed by atoms with Gasteiger partial charge >= 0.3 is 5.97 Å². The first-order valence-electron chi connectivity index (χ1n) is 9.86. The van der Waals surface area contributed by atoms with Gasteiger partial charge in [0.05, 0.1) is 12.1 Å². The molecular formula is C22H19N3O7. The molecule has 0 aromatic heterocycles. The molecule has 2 aliphatic heterocycles. The Kier molecular flexibility index (Phi) is 5.59. The summed E-state index contributed by atoms with van der Waals surface area (Å²) in [5, 5.41) is 13.8. The summed E-state index contributed by atoms with van der Waals surface area (Å²) in [4.78, 5) is 60.9. The monoisotopic (exact) mass is 437 g/mol. The molecule has 32 heavy (non-hydrogen) atoms. The van der Waals surface area contributed by atoms with E-state index in [1.807, 2.05) is 0 Å². The van der Waals surface area contributed by atoms with Crippen LogP contribution in [0.5, 0.6) is 5.75 Å². The Morgan fingerprint density at radius 2 is 1.88 bits per heavy atom. The molecule has 0 saturated carbocycles. The third-order valence-electron chi connectivity index (χ3n) is 5.31. The smallest absolute Gasteiger partial charge is 0.335 e. The van der Waals surface area contributed by atoms with Crippen LogP contribution in [0.1, 0.15) is 39.1 Å². The number of imide groups is 1. The van der Waals surface area contributed by atoms with Gasteiger partial charge in [-0.05, 0) is 42.8 Å². The summed E-state index contributed by atoms with van der Waals surface area (Å²) < 4.78 is 5.63. The number of ether oxygens (including phenoxy) is 1. The summed E-state index contributed by atoms with van der Waals surface area (Å²) in [6.45, 7) is -0.196. The minimum absolute atomic E-state index is 0.101. The van der Waals surface area contributed by atoms with E-state index < -0.39 is 23.8 Å². The van der Waals surface area contributed by atoms with Gasteiger partial charge in [-0.1, -0.05) is 6.07 Å². The van der Waals surface area contributed by atoms with Crippen LogP contribution in [-0.2, 0) is 20.9 Å². The number of nitrogens with one attached hydrogen (secondary N) is 2. The Morgan fingerprint density at radius 3 is 2.56 bits per heavy atom. The highest BCUT2D eigenvalue weighted by Gasteiger charge is 2.40. The molecule has 2 aromatic carbocycles. The number of carbonyl (C=O) groups is 5. The number of nitrogens with zero attached hydrogens (tertiary/aromatic N) is 1. The first-order valence-corrected chi connectivity index (χ1v) is 9.86. The van der Waals surface area contributed by atoms with E-state index in [0.29, 0.717) is 22.6 Å². The highest BCUT2D eigenvalue weighted by atomic mass is 16.5. The zero-order chi connectivity index (χ0) is 22.8. The van der Waals surface area contributed by atoms with E-state index in [9.17, 15) is 24.0 Å². The van der Waals surface area contributed by atoms with Gasteiger partial charge < -0.3 is 20.1 Å². The number of rotatable bonds is 6. The Balaban J connectivity index is 1.41. The fourth-order valence-corrected chi connectivity index (χ4v) is 3.73. The summed E-state index contributed by atoms with van der Waals surface area (Å²) >= 11 is 0. The predicted molar refractivity (Wildman–Crippen MR) is 110 cm³/mol. The van der Waals surface area contributed by atoms with Gasteiger partial charge in [-0.25, -0.2) is 4.79 Å². The standard InChI is InChI=1S/C22H19N3O7/c26-18-9-8-16(20(28)24-18)25-10-15-14(21(25)29)2-1-3-17(15)32-11-19(27)23-13-6-4-12(5-7-13)22(30)31/h1-7,16H,8-11H2,(H,23,27)(H,30,31)(H,24,26,28). The summed E-state index contributed by atoms with van der Waals surface area (Å²) in [7, 11) is 0. The Bertz CT molecular complexity index is 1130. The predicted octanol–water partition coefficient (Wildman–Crippen LogP) is 1.16. The third-order valence-corrected chi connectivity index (χ3v) is 5.31. The molecule has 164 valence electrons. The molecule has 10 heteroatoms. The highest BCUT2D eigenvalue weighted by Crippen LogP contribution is 2.33. The first kappa shape index (κ1) is 21.0. The SMILES string of the molecule is O=C1CCC(N2Cc3c(OCC(=O)Nc4ccc(C(=O)O)cc4)cccc3C2=O)C(=O)N1. The number of piperidine rings is 1. The minimum Gasteiger partial charge on any atom is -0.483 e. The van der Waals surface area contributed by atoms with Gasteiger partial charge in [0.1, 0.15) is 11.8 Å². The van der Waals surface area contributed by atoms with Crippen molar-refractivity contribution in [2.45, 2.75) is 25.4 Å². The van der Waals surface area contributed by atoms with E-state index in [0.717, 1.165) is 0 Å². The number of fused-ring (bicyclic) bond motifs is 1. The highest BCUT2D eigenvalue weighted by molar-refractivity contribution is 6.05. The van der Waals surface area contributed by atoms with Gasteiger partial charge in [-0.3, -0.25) is 24.5 Å². The van der Waals surface area contributed by atoms with Crippen molar-refractivity contribution >= 4 is 35.3 Å². The minimum atomic E-state index is -1.06. The van der Waals surface area contributed by atoms with Crippen molar-refractivity contribution in [1.29, 1.82) is 0 Å². The molecule has 1 fully saturated rings. The molecule has 1 atom stereocenters. The van der Waals surface area contributed by atoms with Gasteiger partial charge in [-0.15, -0.1) is 0 Å². The van der Waals surface area contributed by atoms with Crippen LogP contribution < -0.4 is 15.4 Å². The lowest BCUT2D eigenvalue weighted by Crippen LogP contribution is -2.52. The zero-order valence-electron chi connectivity index (χ0n) is 16.8. The summed E-state index contributed by atoms with van der Waals surface area (Å²) in [5.41, 5.74) is 1.48. The average molecular weight is 437 g/mol. The molecule has 2 aliphatic rings. The number of amides is 4. The van der Waals surface area contributed by atoms with E-state index in [1.165, 1.54) is 29.2 Å². The topological polar surface area (TPSA) is 142 Å². The van der Waals surface area contributed by atoms with E-state index in [-0.39, 0.29) is 43.4 Å². The van der Waals surface area contributed by atoms with Crippen LogP contribution in [0.25, 0.3) is 0 Å².